The normalized spacial score (nSPS) is 16.7. The van der Waals surface area contributed by atoms with E-state index >= 15 is 0 Å². The second-order valence-corrected chi connectivity index (χ2v) is 10.8. The standard InChI is InChI=1S/C31H29ClN6O4/c32-24-10-4-8-22-9-5-11-25(27(22)24)35-14-17-38-26(19-35)34-28(30(39)40)29(38)36-15-16-37(23(18-36)12-13-33)31(41)42-20-21-6-2-1-3-7-21/h1-11,23H,12,14-20H2,(H,39,40)/t23-/m0/s1. The van der Waals surface area contributed by atoms with Crippen LogP contribution in [0.3, 0.4) is 0 Å². The highest BCUT2D eigenvalue weighted by Crippen LogP contribution is 2.36. The van der Waals surface area contributed by atoms with Gasteiger partial charge in [-0.2, -0.15) is 5.26 Å². The number of ether oxygens (including phenoxy) is 1. The van der Waals surface area contributed by atoms with Crippen LogP contribution in [0.25, 0.3) is 10.8 Å². The Morgan fingerprint density at radius 2 is 1.76 bits per heavy atom. The first kappa shape index (κ1) is 27.4. The molecule has 2 aliphatic rings. The summed E-state index contributed by atoms with van der Waals surface area (Å²) in [5, 5.41) is 22.3. The summed E-state index contributed by atoms with van der Waals surface area (Å²) in [6.07, 6.45) is -0.396. The lowest BCUT2D eigenvalue weighted by Gasteiger charge is -2.41. The molecule has 11 heteroatoms. The van der Waals surface area contributed by atoms with E-state index < -0.39 is 18.1 Å². The second-order valence-electron chi connectivity index (χ2n) is 10.4. The van der Waals surface area contributed by atoms with Gasteiger partial charge in [-0.05, 0) is 23.1 Å². The summed E-state index contributed by atoms with van der Waals surface area (Å²) >= 11 is 6.59. The van der Waals surface area contributed by atoms with E-state index in [-0.39, 0.29) is 18.7 Å². The Morgan fingerprint density at radius 3 is 2.52 bits per heavy atom. The van der Waals surface area contributed by atoms with E-state index in [1.165, 1.54) is 0 Å². The van der Waals surface area contributed by atoms with Gasteiger partial charge >= 0.3 is 12.1 Å². The molecule has 1 aromatic heterocycles. The van der Waals surface area contributed by atoms with Crippen LogP contribution in [0, 0.1) is 11.3 Å². The van der Waals surface area contributed by atoms with Crippen LogP contribution < -0.4 is 9.80 Å². The third-order valence-corrected chi connectivity index (χ3v) is 8.18. The van der Waals surface area contributed by atoms with Crippen LogP contribution in [0.1, 0.15) is 28.3 Å². The molecular weight excluding hydrogens is 556 g/mol. The van der Waals surface area contributed by atoms with E-state index in [4.69, 9.17) is 16.3 Å². The number of nitrogens with zero attached hydrogens (tertiary/aromatic N) is 6. The molecule has 1 atom stereocenters. The highest BCUT2D eigenvalue weighted by atomic mass is 35.5. The third-order valence-electron chi connectivity index (χ3n) is 7.87. The Balaban J connectivity index is 1.24. The van der Waals surface area contributed by atoms with Crippen molar-refractivity contribution in [3.63, 3.8) is 0 Å². The summed E-state index contributed by atoms with van der Waals surface area (Å²) in [5.74, 6) is 0.0285. The van der Waals surface area contributed by atoms with Crippen molar-refractivity contribution in [3.8, 4) is 6.07 Å². The maximum absolute atomic E-state index is 13.0. The number of fused-ring (bicyclic) bond motifs is 2. The minimum atomic E-state index is -1.12. The highest BCUT2D eigenvalue weighted by molar-refractivity contribution is 6.36. The lowest BCUT2D eigenvalue weighted by molar-refractivity contribution is 0.0685. The zero-order valence-electron chi connectivity index (χ0n) is 22.8. The molecule has 1 fully saturated rings. The summed E-state index contributed by atoms with van der Waals surface area (Å²) in [5.41, 5.74) is 1.82. The number of hydrogen-bond acceptors (Lipinski definition) is 7. The molecule has 0 radical (unpaired) electrons. The molecule has 214 valence electrons. The van der Waals surface area contributed by atoms with Crippen LogP contribution >= 0.6 is 11.6 Å². The number of halogens is 1. The molecule has 0 aliphatic carbocycles. The van der Waals surface area contributed by atoms with Gasteiger partial charge in [-0.1, -0.05) is 66.2 Å². The Labute approximate surface area is 247 Å². The SMILES string of the molecule is N#CC[C@H]1CN(c2c(C(=O)O)nc3n2CCN(c2cccc4cccc(Cl)c24)C3)CCN1C(=O)OCc1ccccc1. The van der Waals surface area contributed by atoms with Crippen LogP contribution in [0.4, 0.5) is 16.3 Å². The van der Waals surface area contributed by atoms with E-state index in [9.17, 15) is 20.0 Å². The fraction of sp³-hybridized carbons (Fsp3) is 0.290. The first-order chi connectivity index (χ1) is 20.4. The molecule has 10 nitrogen and oxygen atoms in total. The average molecular weight is 585 g/mol. The zero-order chi connectivity index (χ0) is 29.2. The number of piperazine rings is 1. The number of carbonyl (C=O) groups excluding carboxylic acids is 1. The van der Waals surface area contributed by atoms with Gasteiger partial charge in [0.1, 0.15) is 18.2 Å². The van der Waals surface area contributed by atoms with Crippen molar-refractivity contribution < 1.29 is 19.4 Å². The van der Waals surface area contributed by atoms with Gasteiger partial charge in [-0.15, -0.1) is 0 Å². The van der Waals surface area contributed by atoms with E-state index in [1.54, 1.807) is 4.90 Å². The fourth-order valence-corrected chi connectivity index (χ4v) is 6.17. The Kier molecular flexibility index (Phi) is 7.59. The van der Waals surface area contributed by atoms with Crippen molar-refractivity contribution in [2.24, 2.45) is 0 Å². The van der Waals surface area contributed by atoms with Crippen molar-refractivity contribution >= 4 is 45.9 Å². The summed E-state index contributed by atoms with van der Waals surface area (Å²) < 4.78 is 7.51. The van der Waals surface area contributed by atoms with Gasteiger partial charge in [0, 0.05) is 43.8 Å². The van der Waals surface area contributed by atoms with E-state index in [1.807, 2.05) is 76.2 Å². The molecule has 1 saturated heterocycles. The first-order valence-corrected chi connectivity index (χ1v) is 14.2. The van der Waals surface area contributed by atoms with E-state index in [2.05, 4.69) is 16.0 Å². The molecule has 4 aromatic rings. The molecule has 0 unspecified atom stereocenters. The van der Waals surface area contributed by atoms with Crippen LogP contribution in [-0.2, 0) is 24.4 Å². The monoisotopic (exact) mass is 584 g/mol. The van der Waals surface area contributed by atoms with Gasteiger partial charge in [0.25, 0.3) is 0 Å². The molecule has 3 aromatic carbocycles. The van der Waals surface area contributed by atoms with Crippen LogP contribution in [0.5, 0.6) is 0 Å². The Hall–Kier alpha value is -4.75. The number of nitriles is 1. The fourth-order valence-electron chi connectivity index (χ4n) is 5.90. The smallest absolute Gasteiger partial charge is 0.410 e. The van der Waals surface area contributed by atoms with Crippen molar-refractivity contribution in [3.05, 3.63) is 88.8 Å². The number of anilines is 2. The Morgan fingerprint density at radius 1 is 1.00 bits per heavy atom. The predicted molar refractivity (Wildman–Crippen MR) is 159 cm³/mol. The van der Waals surface area contributed by atoms with Gasteiger partial charge in [0.15, 0.2) is 5.69 Å². The molecule has 0 spiro atoms. The number of rotatable bonds is 6. The van der Waals surface area contributed by atoms with Gasteiger partial charge in [0.05, 0.1) is 30.1 Å². The summed E-state index contributed by atoms with van der Waals surface area (Å²) in [4.78, 5) is 35.6. The lowest BCUT2D eigenvalue weighted by atomic mass is 10.1. The van der Waals surface area contributed by atoms with Crippen molar-refractivity contribution in [1.29, 1.82) is 5.26 Å². The number of aromatic carboxylic acids is 1. The molecule has 3 heterocycles. The molecule has 6 rings (SSSR count). The minimum absolute atomic E-state index is 0.0291. The number of amides is 1. The number of carbonyl (C=O) groups is 2. The number of carboxylic acid groups (broad SMARTS) is 1. The molecule has 1 amide bonds. The number of benzene rings is 3. The van der Waals surface area contributed by atoms with E-state index in [0.717, 1.165) is 22.0 Å². The Bertz CT molecular complexity index is 1680. The maximum atomic E-state index is 13.0. The number of aromatic nitrogens is 2. The third kappa shape index (κ3) is 5.19. The van der Waals surface area contributed by atoms with Crippen molar-refractivity contribution in [2.75, 3.05) is 36.0 Å². The predicted octanol–water partition coefficient (Wildman–Crippen LogP) is 5.15. The highest BCUT2D eigenvalue weighted by Gasteiger charge is 2.36. The summed E-state index contributed by atoms with van der Waals surface area (Å²) in [7, 11) is 0. The van der Waals surface area contributed by atoms with Gasteiger partial charge in [0.2, 0.25) is 0 Å². The van der Waals surface area contributed by atoms with E-state index in [0.29, 0.717) is 55.9 Å². The number of hydrogen-bond donors (Lipinski definition) is 1. The molecule has 0 bridgehead atoms. The second kappa shape index (κ2) is 11.6. The first-order valence-electron chi connectivity index (χ1n) is 13.8. The molecule has 2 aliphatic heterocycles. The minimum Gasteiger partial charge on any atom is -0.476 e. The molecule has 42 heavy (non-hydrogen) atoms. The van der Waals surface area contributed by atoms with Gasteiger partial charge < -0.3 is 29.1 Å². The number of carboxylic acids is 1. The lowest BCUT2D eigenvalue weighted by Crippen LogP contribution is -2.56. The molecule has 1 N–H and O–H groups in total. The van der Waals surface area contributed by atoms with Crippen LogP contribution in [0.15, 0.2) is 66.7 Å². The van der Waals surface area contributed by atoms with Crippen molar-refractivity contribution in [2.45, 2.75) is 32.2 Å². The largest absolute Gasteiger partial charge is 0.476 e. The van der Waals surface area contributed by atoms with Crippen LogP contribution in [-0.4, -0.2) is 63.8 Å². The quantitative estimate of drug-likeness (QED) is 0.331. The molecular formula is C31H29ClN6O4. The topological polar surface area (TPSA) is 115 Å². The number of imidazole rings is 1. The molecule has 0 saturated carbocycles. The summed E-state index contributed by atoms with van der Waals surface area (Å²) in [6, 6.07) is 23.0. The van der Waals surface area contributed by atoms with Gasteiger partial charge in [-0.3, -0.25) is 0 Å². The summed E-state index contributed by atoms with van der Waals surface area (Å²) in [6.45, 7) is 2.68. The van der Waals surface area contributed by atoms with Gasteiger partial charge in [-0.25, -0.2) is 14.6 Å². The van der Waals surface area contributed by atoms with Crippen molar-refractivity contribution in [1.82, 2.24) is 14.5 Å². The van der Waals surface area contributed by atoms with Crippen LogP contribution in [0.2, 0.25) is 5.02 Å². The average Bonchev–Trinajstić information content (AvgIpc) is 3.40. The maximum Gasteiger partial charge on any atom is 0.410 e. The zero-order valence-corrected chi connectivity index (χ0v) is 23.6.